The molecule has 0 amide bonds. The van der Waals surface area contributed by atoms with E-state index >= 15 is 0 Å². The van der Waals surface area contributed by atoms with Crippen LogP contribution in [0, 0.1) is 0 Å². The van der Waals surface area contributed by atoms with Crippen LogP contribution in [0.15, 0.2) is 44.0 Å². The van der Waals surface area contributed by atoms with Crippen molar-refractivity contribution in [2.75, 3.05) is 19.6 Å². The van der Waals surface area contributed by atoms with Gasteiger partial charge < -0.3 is 9.73 Å². The summed E-state index contributed by atoms with van der Waals surface area (Å²) in [5.74, 6) is -0.516. The lowest BCUT2D eigenvalue weighted by Gasteiger charge is -2.14. The lowest BCUT2D eigenvalue weighted by molar-refractivity contribution is 0.527. The Bertz CT molecular complexity index is 892. The van der Waals surface area contributed by atoms with Crippen molar-refractivity contribution >= 4 is 21.1 Å². The lowest BCUT2D eigenvalue weighted by Crippen LogP contribution is -2.29. The average Bonchev–Trinajstić information content (AvgIpc) is 2.81. The van der Waals surface area contributed by atoms with E-state index < -0.39 is 15.8 Å². The molecule has 1 aliphatic rings. The third-order valence-corrected chi connectivity index (χ3v) is 5.12. The molecule has 0 unspecified atom stereocenters. The highest BCUT2D eigenvalue weighted by Gasteiger charge is 2.17. The predicted molar refractivity (Wildman–Crippen MR) is 82.2 cm³/mol. The molecule has 22 heavy (non-hydrogen) atoms. The van der Waals surface area contributed by atoms with Gasteiger partial charge in [0.15, 0.2) is 5.58 Å². The molecule has 1 aliphatic heterocycles. The third-order valence-electron chi connectivity index (χ3n) is 3.72. The minimum atomic E-state index is -3.64. The summed E-state index contributed by atoms with van der Waals surface area (Å²) >= 11 is 0. The third kappa shape index (κ3) is 2.85. The highest BCUT2D eigenvalue weighted by molar-refractivity contribution is 7.89. The van der Waals surface area contributed by atoms with Gasteiger partial charge in [-0.3, -0.25) is 4.57 Å². The summed E-state index contributed by atoms with van der Waals surface area (Å²) in [5.41, 5.74) is 1.89. The number of aryl methyl sites for hydroxylation is 1. The van der Waals surface area contributed by atoms with Gasteiger partial charge in [0.2, 0.25) is 10.0 Å². The van der Waals surface area contributed by atoms with Gasteiger partial charge in [0.1, 0.15) is 0 Å². The van der Waals surface area contributed by atoms with Gasteiger partial charge in [-0.2, -0.15) is 0 Å². The number of rotatable bonds is 4. The van der Waals surface area contributed by atoms with Crippen LogP contribution >= 0.6 is 0 Å². The summed E-state index contributed by atoms with van der Waals surface area (Å²) < 4.78 is 33.6. The van der Waals surface area contributed by atoms with Crippen LogP contribution in [0.5, 0.6) is 0 Å². The van der Waals surface area contributed by atoms with Crippen LogP contribution in [-0.2, 0) is 17.1 Å². The smallest absolute Gasteiger partial charge is 0.408 e. The van der Waals surface area contributed by atoms with Crippen molar-refractivity contribution < 1.29 is 12.8 Å². The standard InChI is InChI=1S/C14H17N3O4S/c1-17-12-3-2-11(8-13(12)21-14(17)18)22(19,20)16-9-10-4-6-15-7-5-10/h2-4,8,15-16H,5-7,9H2,1H3. The Hall–Kier alpha value is -1.90. The van der Waals surface area contributed by atoms with Crippen LogP contribution in [0.1, 0.15) is 6.42 Å². The molecule has 7 nitrogen and oxygen atoms in total. The van der Waals surface area contributed by atoms with Gasteiger partial charge >= 0.3 is 5.76 Å². The summed E-state index contributed by atoms with van der Waals surface area (Å²) in [4.78, 5) is 11.5. The van der Waals surface area contributed by atoms with Crippen LogP contribution in [0.3, 0.4) is 0 Å². The van der Waals surface area contributed by atoms with Crippen molar-refractivity contribution in [3.8, 4) is 0 Å². The van der Waals surface area contributed by atoms with Gasteiger partial charge in [0.25, 0.3) is 0 Å². The fourth-order valence-electron chi connectivity index (χ4n) is 2.38. The zero-order valence-electron chi connectivity index (χ0n) is 12.1. The molecular formula is C14H17N3O4S. The van der Waals surface area contributed by atoms with Crippen molar-refractivity contribution in [1.82, 2.24) is 14.6 Å². The van der Waals surface area contributed by atoms with Crippen molar-refractivity contribution in [2.45, 2.75) is 11.3 Å². The SMILES string of the molecule is Cn1c(=O)oc2cc(S(=O)(=O)NCC3=CCNCC3)ccc21. The lowest BCUT2D eigenvalue weighted by atomic mass is 10.1. The van der Waals surface area contributed by atoms with Gasteiger partial charge in [0.05, 0.1) is 10.4 Å². The number of oxazole rings is 1. The molecule has 0 radical (unpaired) electrons. The van der Waals surface area contributed by atoms with Gasteiger partial charge in [-0.25, -0.2) is 17.9 Å². The molecule has 0 aliphatic carbocycles. The Morgan fingerprint density at radius 1 is 1.41 bits per heavy atom. The number of nitrogens with zero attached hydrogens (tertiary/aromatic N) is 1. The molecule has 0 spiro atoms. The zero-order chi connectivity index (χ0) is 15.7. The number of sulfonamides is 1. The van der Waals surface area contributed by atoms with Crippen molar-refractivity contribution in [3.05, 3.63) is 40.4 Å². The molecule has 1 aromatic heterocycles. The van der Waals surface area contributed by atoms with E-state index in [-0.39, 0.29) is 10.5 Å². The Kier molecular flexibility index (Phi) is 3.90. The molecule has 0 fully saturated rings. The zero-order valence-corrected chi connectivity index (χ0v) is 12.9. The highest BCUT2D eigenvalue weighted by atomic mass is 32.2. The van der Waals surface area contributed by atoms with E-state index in [9.17, 15) is 13.2 Å². The first-order valence-corrected chi connectivity index (χ1v) is 8.43. The molecule has 0 saturated heterocycles. The largest absolute Gasteiger partial charge is 0.419 e. The highest BCUT2D eigenvalue weighted by Crippen LogP contribution is 2.18. The second kappa shape index (κ2) is 5.71. The molecule has 0 atom stereocenters. The Morgan fingerprint density at radius 3 is 2.95 bits per heavy atom. The van der Waals surface area contributed by atoms with E-state index in [1.54, 1.807) is 13.1 Å². The molecule has 0 bridgehead atoms. The number of benzene rings is 1. The van der Waals surface area contributed by atoms with Crippen molar-refractivity contribution in [2.24, 2.45) is 7.05 Å². The maximum atomic E-state index is 12.3. The number of fused-ring (bicyclic) bond motifs is 1. The van der Waals surface area contributed by atoms with Gasteiger partial charge in [-0.05, 0) is 25.1 Å². The quantitative estimate of drug-likeness (QED) is 0.791. The second-order valence-corrected chi connectivity index (χ2v) is 6.96. The maximum absolute atomic E-state index is 12.3. The summed E-state index contributed by atoms with van der Waals surface area (Å²) in [5, 5.41) is 3.17. The number of aromatic nitrogens is 1. The van der Waals surface area contributed by atoms with E-state index in [4.69, 9.17) is 4.42 Å². The molecule has 8 heteroatoms. The first-order valence-electron chi connectivity index (χ1n) is 6.95. The topological polar surface area (TPSA) is 93.3 Å². The minimum Gasteiger partial charge on any atom is -0.408 e. The summed E-state index contributed by atoms with van der Waals surface area (Å²) in [6.45, 7) is 1.91. The molecular weight excluding hydrogens is 306 g/mol. The molecule has 2 aromatic rings. The molecule has 2 heterocycles. The van der Waals surface area contributed by atoms with Gasteiger partial charge in [-0.1, -0.05) is 11.6 Å². The van der Waals surface area contributed by atoms with Gasteiger partial charge in [-0.15, -0.1) is 0 Å². The Labute approximate surface area is 127 Å². The van der Waals surface area contributed by atoms with Crippen LogP contribution in [-0.4, -0.2) is 32.6 Å². The van der Waals surface area contributed by atoms with E-state index in [0.717, 1.165) is 25.1 Å². The van der Waals surface area contributed by atoms with E-state index in [1.165, 1.54) is 16.7 Å². The fraction of sp³-hybridized carbons (Fsp3) is 0.357. The maximum Gasteiger partial charge on any atom is 0.419 e. The van der Waals surface area contributed by atoms with Crippen LogP contribution < -0.4 is 15.8 Å². The van der Waals surface area contributed by atoms with Crippen LogP contribution in [0.25, 0.3) is 11.1 Å². The first kappa shape index (κ1) is 15.0. The second-order valence-electron chi connectivity index (χ2n) is 5.20. The summed E-state index contributed by atoms with van der Waals surface area (Å²) in [7, 11) is -2.06. The molecule has 0 saturated carbocycles. The predicted octanol–water partition coefficient (Wildman–Crippen LogP) is 0.330. The van der Waals surface area contributed by atoms with Crippen LogP contribution in [0.4, 0.5) is 0 Å². The number of hydrogen-bond acceptors (Lipinski definition) is 5. The van der Waals surface area contributed by atoms with Crippen LogP contribution in [0.2, 0.25) is 0 Å². The molecule has 1 aromatic carbocycles. The van der Waals surface area contributed by atoms with E-state index in [2.05, 4.69) is 10.0 Å². The molecule has 2 N–H and O–H groups in total. The average molecular weight is 323 g/mol. The van der Waals surface area contributed by atoms with E-state index in [0.29, 0.717) is 12.1 Å². The van der Waals surface area contributed by atoms with Crippen molar-refractivity contribution in [1.29, 1.82) is 0 Å². The minimum absolute atomic E-state index is 0.0869. The van der Waals surface area contributed by atoms with E-state index in [1.807, 2.05) is 6.08 Å². The Morgan fingerprint density at radius 2 is 2.23 bits per heavy atom. The Balaban J connectivity index is 1.85. The first-order chi connectivity index (χ1) is 10.5. The normalized spacial score (nSPS) is 16.0. The number of nitrogens with one attached hydrogen (secondary N) is 2. The molecule has 3 rings (SSSR count). The fourth-order valence-corrected chi connectivity index (χ4v) is 3.43. The van der Waals surface area contributed by atoms with Gasteiger partial charge in [0, 0.05) is 26.2 Å². The molecule has 118 valence electrons. The van der Waals surface area contributed by atoms with Crippen molar-refractivity contribution in [3.63, 3.8) is 0 Å². The summed E-state index contributed by atoms with van der Waals surface area (Å²) in [6, 6.07) is 4.41. The number of hydrogen-bond donors (Lipinski definition) is 2. The summed E-state index contributed by atoms with van der Waals surface area (Å²) in [6.07, 6.45) is 2.82. The monoisotopic (exact) mass is 323 g/mol.